The highest BCUT2D eigenvalue weighted by Crippen LogP contribution is 2.32. The molecule has 0 aliphatic heterocycles. The molecule has 0 aliphatic rings. The van der Waals surface area contributed by atoms with Crippen LogP contribution in [0, 0.1) is 0 Å². The second kappa shape index (κ2) is 9.02. The smallest absolute Gasteiger partial charge is 0.243 e. The summed E-state index contributed by atoms with van der Waals surface area (Å²) >= 11 is 17.8. The molecular formula is C17H17Cl3N2O2. The molecule has 0 atom stereocenters. The number of ether oxygens (including phenoxy) is 1. The minimum Gasteiger partial charge on any atom is -0.494 e. The molecule has 4 nitrogen and oxygen atoms in total. The molecule has 0 aromatic heterocycles. The summed E-state index contributed by atoms with van der Waals surface area (Å²) in [5, 5.41) is 6.71. The minimum atomic E-state index is -0.254. The van der Waals surface area contributed by atoms with Gasteiger partial charge in [0.25, 0.3) is 0 Å². The zero-order chi connectivity index (χ0) is 17.5. The van der Waals surface area contributed by atoms with Crippen LogP contribution in [0.15, 0.2) is 36.4 Å². The largest absolute Gasteiger partial charge is 0.494 e. The lowest BCUT2D eigenvalue weighted by Crippen LogP contribution is -2.21. The molecule has 128 valence electrons. The normalized spacial score (nSPS) is 10.3. The summed E-state index contributed by atoms with van der Waals surface area (Å²) in [5.41, 5.74) is 1.21. The van der Waals surface area contributed by atoms with Gasteiger partial charge in [-0.1, -0.05) is 47.8 Å². The predicted octanol–water partition coefficient (Wildman–Crippen LogP) is 5.49. The maximum Gasteiger partial charge on any atom is 0.243 e. The van der Waals surface area contributed by atoms with Crippen LogP contribution in [0.25, 0.3) is 0 Å². The molecule has 1 amide bonds. The van der Waals surface area contributed by atoms with E-state index >= 15 is 0 Å². The summed E-state index contributed by atoms with van der Waals surface area (Å²) in [4.78, 5) is 12.1. The van der Waals surface area contributed by atoms with Gasteiger partial charge in [-0.2, -0.15) is 0 Å². The topological polar surface area (TPSA) is 50.4 Å². The first-order chi connectivity index (χ1) is 11.5. The number of halogens is 3. The van der Waals surface area contributed by atoms with Gasteiger partial charge in [-0.05, 0) is 30.7 Å². The Kier molecular flexibility index (Phi) is 7.03. The number of anilines is 2. The van der Waals surface area contributed by atoms with Crippen molar-refractivity contribution in [1.82, 2.24) is 0 Å². The van der Waals surface area contributed by atoms with Crippen molar-refractivity contribution in [3.8, 4) is 5.75 Å². The summed E-state index contributed by atoms with van der Waals surface area (Å²) in [6.07, 6.45) is 0.935. The summed E-state index contributed by atoms with van der Waals surface area (Å²) < 4.78 is 5.55. The average Bonchev–Trinajstić information content (AvgIpc) is 2.56. The van der Waals surface area contributed by atoms with E-state index in [0.717, 1.165) is 17.9 Å². The van der Waals surface area contributed by atoms with E-state index in [-0.39, 0.29) is 12.5 Å². The highest BCUT2D eigenvalue weighted by atomic mass is 35.5. The highest BCUT2D eigenvalue weighted by molar-refractivity contribution is 6.44. The first-order valence-electron chi connectivity index (χ1n) is 7.40. The van der Waals surface area contributed by atoms with Gasteiger partial charge in [0.1, 0.15) is 5.75 Å². The van der Waals surface area contributed by atoms with E-state index in [4.69, 9.17) is 39.5 Å². The van der Waals surface area contributed by atoms with E-state index in [1.165, 1.54) is 12.1 Å². The third-order valence-corrected chi connectivity index (χ3v) is 4.08. The molecular weight excluding hydrogens is 371 g/mol. The SMILES string of the molecule is CCCOc1cccc(NCC(=O)Nc2cc(Cl)c(Cl)cc2Cl)c1. The summed E-state index contributed by atoms with van der Waals surface area (Å²) in [7, 11) is 0. The highest BCUT2D eigenvalue weighted by Gasteiger charge is 2.09. The fourth-order valence-corrected chi connectivity index (χ4v) is 2.50. The molecule has 0 fully saturated rings. The predicted molar refractivity (Wildman–Crippen MR) is 101 cm³/mol. The number of amides is 1. The standard InChI is InChI=1S/C17H17Cl3N2O2/c1-2-6-24-12-5-3-4-11(7-12)21-10-17(23)22-16-9-14(19)13(18)8-15(16)20/h3-5,7-9,21H,2,6,10H2,1H3,(H,22,23). The van der Waals surface area contributed by atoms with Crippen LogP contribution in [0.2, 0.25) is 15.1 Å². The Labute approximate surface area is 156 Å². The number of hydrogen-bond acceptors (Lipinski definition) is 3. The molecule has 7 heteroatoms. The van der Waals surface area contributed by atoms with Gasteiger partial charge in [-0.3, -0.25) is 4.79 Å². The second-order valence-electron chi connectivity index (χ2n) is 5.02. The van der Waals surface area contributed by atoms with Crippen molar-refractivity contribution in [1.29, 1.82) is 0 Å². The monoisotopic (exact) mass is 386 g/mol. The molecule has 0 heterocycles. The minimum absolute atomic E-state index is 0.0772. The van der Waals surface area contributed by atoms with E-state index < -0.39 is 0 Å². The van der Waals surface area contributed by atoms with Gasteiger partial charge in [0.15, 0.2) is 0 Å². The number of hydrogen-bond donors (Lipinski definition) is 2. The number of benzene rings is 2. The number of carbonyl (C=O) groups is 1. The van der Waals surface area contributed by atoms with E-state index in [2.05, 4.69) is 10.6 Å². The van der Waals surface area contributed by atoms with Gasteiger partial charge >= 0.3 is 0 Å². The Morgan fingerprint density at radius 3 is 2.58 bits per heavy atom. The van der Waals surface area contributed by atoms with Crippen molar-refractivity contribution in [3.63, 3.8) is 0 Å². The number of rotatable bonds is 7. The lowest BCUT2D eigenvalue weighted by Gasteiger charge is -2.11. The van der Waals surface area contributed by atoms with E-state index in [1.807, 2.05) is 31.2 Å². The Bertz CT molecular complexity index is 723. The maximum absolute atomic E-state index is 12.1. The van der Waals surface area contributed by atoms with Crippen LogP contribution in [-0.4, -0.2) is 19.1 Å². The molecule has 0 spiro atoms. The van der Waals surface area contributed by atoms with Crippen LogP contribution in [-0.2, 0) is 4.79 Å². The molecule has 0 bridgehead atoms. The Hall–Kier alpha value is -1.62. The molecule has 0 radical (unpaired) electrons. The number of nitrogens with one attached hydrogen (secondary N) is 2. The van der Waals surface area contributed by atoms with E-state index in [9.17, 15) is 4.79 Å². The Balaban J connectivity index is 1.93. The summed E-state index contributed by atoms with van der Waals surface area (Å²) in [5.74, 6) is 0.505. The molecule has 2 N–H and O–H groups in total. The second-order valence-corrected chi connectivity index (χ2v) is 6.25. The molecule has 0 unspecified atom stereocenters. The molecule has 0 saturated heterocycles. The molecule has 0 aliphatic carbocycles. The first kappa shape index (κ1) is 18.7. The van der Waals surface area contributed by atoms with Gasteiger partial charge in [0.2, 0.25) is 5.91 Å². The summed E-state index contributed by atoms with van der Waals surface area (Å²) in [6.45, 7) is 2.77. The van der Waals surface area contributed by atoms with Gasteiger partial charge < -0.3 is 15.4 Å². The molecule has 2 aromatic rings. The molecule has 24 heavy (non-hydrogen) atoms. The molecule has 2 aromatic carbocycles. The van der Waals surface area contributed by atoms with Crippen LogP contribution >= 0.6 is 34.8 Å². The van der Waals surface area contributed by atoms with Crippen molar-refractivity contribution < 1.29 is 9.53 Å². The Morgan fingerprint density at radius 1 is 1.08 bits per heavy atom. The van der Waals surface area contributed by atoms with Gasteiger partial charge in [-0.15, -0.1) is 0 Å². The van der Waals surface area contributed by atoms with Gasteiger partial charge in [0.05, 0.1) is 33.9 Å². The zero-order valence-electron chi connectivity index (χ0n) is 13.0. The third-order valence-electron chi connectivity index (χ3n) is 3.04. The molecule has 0 saturated carbocycles. The number of carbonyl (C=O) groups excluding carboxylic acids is 1. The van der Waals surface area contributed by atoms with Crippen molar-refractivity contribution in [2.24, 2.45) is 0 Å². The quantitative estimate of drug-likeness (QED) is 0.618. The van der Waals surface area contributed by atoms with E-state index in [1.54, 1.807) is 0 Å². The van der Waals surface area contributed by atoms with Gasteiger partial charge in [-0.25, -0.2) is 0 Å². The van der Waals surface area contributed by atoms with Gasteiger partial charge in [0, 0.05) is 11.8 Å². The average molecular weight is 388 g/mol. The maximum atomic E-state index is 12.1. The first-order valence-corrected chi connectivity index (χ1v) is 8.54. The fraction of sp³-hybridized carbons (Fsp3) is 0.235. The van der Waals surface area contributed by atoms with Crippen LogP contribution in [0.5, 0.6) is 5.75 Å². The van der Waals surface area contributed by atoms with Crippen molar-refractivity contribution in [2.45, 2.75) is 13.3 Å². The Morgan fingerprint density at radius 2 is 1.83 bits per heavy atom. The summed E-state index contributed by atoms with van der Waals surface area (Å²) in [6, 6.07) is 10.4. The van der Waals surface area contributed by atoms with Crippen molar-refractivity contribution in [2.75, 3.05) is 23.8 Å². The van der Waals surface area contributed by atoms with Crippen LogP contribution < -0.4 is 15.4 Å². The van der Waals surface area contributed by atoms with Crippen LogP contribution in [0.1, 0.15) is 13.3 Å². The fourth-order valence-electron chi connectivity index (χ4n) is 1.91. The van der Waals surface area contributed by atoms with E-state index in [0.29, 0.717) is 27.4 Å². The zero-order valence-corrected chi connectivity index (χ0v) is 15.3. The van der Waals surface area contributed by atoms with Crippen LogP contribution in [0.3, 0.4) is 0 Å². The third kappa shape index (κ3) is 5.48. The van der Waals surface area contributed by atoms with Crippen molar-refractivity contribution in [3.05, 3.63) is 51.5 Å². The van der Waals surface area contributed by atoms with Crippen LogP contribution in [0.4, 0.5) is 11.4 Å². The lowest BCUT2D eigenvalue weighted by molar-refractivity contribution is -0.114. The molecule has 2 rings (SSSR count). The lowest BCUT2D eigenvalue weighted by atomic mass is 10.3. The van der Waals surface area contributed by atoms with Crippen molar-refractivity contribution >= 4 is 52.1 Å².